The van der Waals surface area contributed by atoms with Crippen molar-refractivity contribution >= 4 is 15.9 Å². The minimum Gasteiger partial charge on any atom is -0.365 e. The van der Waals surface area contributed by atoms with Crippen LogP contribution in [-0.2, 0) is 41.0 Å². The second-order valence-corrected chi connectivity index (χ2v) is 10.4. The van der Waals surface area contributed by atoms with Crippen molar-refractivity contribution in [2.45, 2.75) is 63.3 Å². The molecule has 0 aromatic carbocycles. The van der Waals surface area contributed by atoms with Crippen LogP contribution in [0.15, 0.2) is 12.3 Å². The van der Waals surface area contributed by atoms with E-state index in [-0.39, 0.29) is 17.7 Å². The summed E-state index contributed by atoms with van der Waals surface area (Å²) in [5, 5.41) is 15.2. The fourth-order valence-electron chi connectivity index (χ4n) is 4.21. The Labute approximate surface area is 174 Å². The Hall–Kier alpha value is -2.31. The van der Waals surface area contributed by atoms with Gasteiger partial charge in [-0.1, -0.05) is 5.21 Å². The summed E-state index contributed by atoms with van der Waals surface area (Å²) in [5.41, 5.74) is 1.41. The van der Waals surface area contributed by atoms with Crippen molar-refractivity contribution in [1.29, 1.82) is 0 Å². The average Bonchev–Trinajstić information content (AvgIpc) is 3.19. The number of nitrogens with one attached hydrogen (secondary N) is 1. The smallest absolute Gasteiger partial charge is 0.269 e. The Morgan fingerprint density at radius 1 is 1.37 bits per heavy atom. The Balaban J connectivity index is 1.25. The number of nitrogens with zero attached hydrogens (tertiary/aromatic N) is 6. The molecule has 0 bridgehead atoms. The molecule has 1 saturated heterocycles. The molecule has 30 heavy (non-hydrogen) atoms. The Morgan fingerprint density at radius 2 is 2.20 bits per heavy atom. The van der Waals surface area contributed by atoms with Gasteiger partial charge in [-0.2, -0.15) is 9.40 Å². The molecule has 4 heterocycles. The molecule has 1 unspecified atom stereocenters. The summed E-state index contributed by atoms with van der Waals surface area (Å²) in [6.45, 7) is 4.37. The summed E-state index contributed by atoms with van der Waals surface area (Å²) in [7, 11) is -3.21. The molecule has 0 radical (unpaired) electrons. The van der Waals surface area contributed by atoms with Gasteiger partial charge in [-0.05, 0) is 32.3 Å². The van der Waals surface area contributed by atoms with E-state index in [1.807, 2.05) is 6.92 Å². The van der Waals surface area contributed by atoms with Crippen LogP contribution in [0.3, 0.4) is 0 Å². The molecule has 1 spiro atoms. The van der Waals surface area contributed by atoms with Crippen LogP contribution < -0.4 is 5.32 Å². The molecule has 3 aliphatic rings. The van der Waals surface area contributed by atoms with Crippen LogP contribution in [0.25, 0.3) is 0 Å². The maximum atomic E-state index is 12.6. The number of aromatic nitrogens is 5. The highest BCUT2D eigenvalue weighted by Gasteiger charge is 2.50. The van der Waals surface area contributed by atoms with Gasteiger partial charge in [-0.15, -0.1) is 5.10 Å². The first kappa shape index (κ1) is 19.6. The SMILES string of the molecule is CCn1nccc1C(=O)NCc1nnn2c1COC1(CCN(S(=O)(=O)C3CC3)C1)C2. The third-order valence-electron chi connectivity index (χ3n) is 6.12. The van der Waals surface area contributed by atoms with Gasteiger partial charge in [-0.3, -0.25) is 9.48 Å². The summed E-state index contributed by atoms with van der Waals surface area (Å²) in [5.74, 6) is -0.221. The third-order valence-corrected chi connectivity index (χ3v) is 8.47. The maximum absolute atomic E-state index is 12.6. The van der Waals surface area contributed by atoms with E-state index in [4.69, 9.17) is 4.74 Å². The van der Waals surface area contributed by atoms with Gasteiger partial charge < -0.3 is 10.1 Å². The fraction of sp³-hybridized carbons (Fsp3) is 0.667. The van der Waals surface area contributed by atoms with Gasteiger partial charge in [0.25, 0.3) is 5.91 Å². The van der Waals surface area contributed by atoms with E-state index in [1.165, 1.54) is 0 Å². The van der Waals surface area contributed by atoms with Crippen LogP contribution in [0.5, 0.6) is 0 Å². The number of sulfonamides is 1. The topological polar surface area (TPSA) is 124 Å². The molecule has 1 N–H and O–H groups in total. The highest BCUT2D eigenvalue weighted by molar-refractivity contribution is 7.90. The largest absolute Gasteiger partial charge is 0.365 e. The maximum Gasteiger partial charge on any atom is 0.269 e. The van der Waals surface area contributed by atoms with Gasteiger partial charge in [-0.25, -0.2) is 13.1 Å². The second-order valence-electron chi connectivity index (χ2n) is 8.15. The number of aryl methyl sites for hydroxylation is 1. The lowest BCUT2D eigenvalue weighted by atomic mass is 10.0. The Morgan fingerprint density at radius 3 is 2.97 bits per heavy atom. The van der Waals surface area contributed by atoms with Gasteiger partial charge in [0.05, 0.1) is 30.6 Å². The Bertz CT molecular complexity index is 1070. The molecule has 12 heteroatoms. The summed E-state index contributed by atoms with van der Waals surface area (Å²) < 4.78 is 36.3. The van der Waals surface area contributed by atoms with Crippen molar-refractivity contribution in [3.63, 3.8) is 0 Å². The van der Waals surface area contributed by atoms with Crippen LogP contribution in [0.4, 0.5) is 0 Å². The van der Waals surface area contributed by atoms with Crippen LogP contribution >= 0.6 is 0 Å². The lowest BCUT2D eigenvalue weighted by Crippen LogP contribution is -2.45. The van der Waals surface area contributed by atoms with Crippen LogP contribution in [0.2, 0.25) is 0 Å². The van der Waals surface area contributed by atoms with E-state index in [0.29, 0.717) is 50.6 Å². The zero-order valence-electron chi connectivity index (χ0n) is 16.8. The minimum atomic E-state index is -3.21. The molecule has 1 aliphatic carbocycles. The highest BCUT2D eigenvalue weighted by Crippen LogP contribution is 2.38. The van der Waals surface area contributed by atoms with E-state index in [1.54, 1.807) is 25.9 Å². The number of fused-ring (bicyclic) bond motifs is 1. The first-order valence-electron chi connectivity index (χ1n) is 10.3. The molecule has 5 rings (SSSR count). The second kappa shape index (κ2) is 7.13. The molecule has 11 nitrogen and oxygen atoms in total. The van der Waals surface area contributed by atoms with E-state index < -0.39 is 15.6 Å². The van der Waals surface area contributed by atoms with Gasteiger partial charge in [0.2, 0.25) is 10.0 Å². The first-order valence-corrected chi connectivity index (χ1v) is 11.8. The standard InChI is InChI=1S/C18H25N7O4S/c1-2-24-15(5-7-20-24)17(26)19-9-14-16-10-29-18(12-25(16)22-21-14)6-8-23(11-18)30(27,28)13-3-4-13/h5,7,13H,2-4,6,8-12H2,1H3,(H,19,26). The van der Waals surface area contributed by atoms with Crippen molar-refractivity contribution in [3.8, 4) is 0 Å². The van der Waals surface area contributed by atoms with Crippen molar-refractivity contribution in [2.75, 3.05) is 13.1 Å². The van der Waals surface area contributed by atoms with Crippen LogP contribution in [-0.4, -0.2) is 67.3 Å². The van der Waals surface area contributed by atoms with E-state index in [9.17, 15) is 13.2 Å². The molecular formula is C18H25N7O4S. The predicted octanol–water partition coefficient (Wildman–Crippen LogP) is -0.109. The molecule has 162 valence electrons. The molecule has 2 aliphatic heterocycles. The first-order chi connectivity index (χ1) is 14.4. The van der Waals surface area contributed by atoms with Crippen molar-refractivity contribution in [2.24, 2.45) is 0 Å². The molecule has 2 aromatic heterocycles. The highest BCUT2D eigenvalue weighted by atomic mass is 32.2. The van der Waals surface area contributed by atoms with Gasteiger partial charge >= 0.3 is 0 Å². The summed E-state index contributed by atoms with van der Waals surface area (Å²) >= 11 is 0. The van der Waals surface area contributed by atoms with E-state index >= 15 is 0 Å². The quantitative estimate of drug-likeness (QED) is 0.671. The number of carbonyl (C=O) groups is 1. The number of hydrogen-bond acceptors (Lipinski definition) is 7. The van der Waals surface area contributed by atoms with Crippen molar-refractivity contribution in [1.82, 2.24) is 34.4 Å². The van der Waals surface area contributed by atoms with Gasteiger partial charge in [0, 0.05) is 25.8 Å². The average molecular weight is 436 g/mol. The third kappa shape index (κ3) is 3.32. The van der Waals surface area contributed by atoms with E-state index in [0.717, 1.165) is 18.5 Å². The monoisotopic (exact) mass is 435 g/mol. The number of amides is 1. The normalized spacial score (nSPS) is 24.3. The number of hydrogen-bond donors (Lipinski definition) is 1. The van der Waals surface area contributed by atoms with Gasteiger partial charge in [0.1, 0.15) is 17.0 Å². The van der Waals surface area contributed by atoms with Crippen molar-refractivity contribution in [3.05, 3.63) is 29.3 Å². The number of carbonyl (C=O) groups excluding carboxylic acids is 1. The van der Waals surface area contributed by atoms with Gasteiger partial charge in [0.15, 0.2) is 0 Å². The predicted molar refractivity (Wildman–Crippen MR) is 105 cm³/mol. The van der Waals surface area contributed by atoms with Crippen LogP contribution in [0, 0.1) is 0 Å². The molecular weight excluding hydrogens is 410 g/mol. The minimum absolute atomic E-state index is 0.211. The lowest BCUT2D eigenvalue weighted by molar-refractivity contribution is -0.0813. The van der Waals surface area contributed by atoms with Crippen molar-refractivity contribution < 1.29 is 17.9 Å². The number of rotatable bonds is 6. The lowest BCUT2D eigenvalue weighted by Gasteiger charge is -2.34. The molecule has 1 saturated carbocycles. The molecule has 2 fully saturated rings. The zero-order chi connectivity index (χ0) is 20.9. The fourth-order valence-corrected chi connectivity index (χ4v) is 6.13. The van der Waals surface area contributed by atoms with Crippen LogP contribution in [0.1, 0.15) is 48.1 Å². The summed E-state index contributed by atoms with van der Waals surface area (Å²) in [4.78, 5) is 12.4. The summed E-state index contributed by atoms with van der Waals surface area (Å²) in [6.07, 6.45) is 3.76. The Kier molecular flexibility index (Phi) is 4.67. The summed E-state index contributed by atoms with van der Waals surface area (Å²) in [6, 6.07) is 1.67. The molecule has 1 amide bonds. The molecule has 1 atom stereocenters. The van der Waals surface area contributed by atoms with E-state index in [2.05, 4.69) is 20.7 Å². The number of ether oxygens (including phenoxy) is 1. The molecule has 2 aromatic rings. The zero-order valence-corrected chi connectivity index (χ0v) is 17.6.